The van der Waals surface area contributed by atoms with Crippen LogP contribution >= 0.6 is 0 Å². The second kappa shape index (κ2) is 9.88. The zero-order chi connectivity index (χ0) is 22.4. The SMILES string of the molecule is CCc1ccccc1OCC(=O)NNC(=O)Cc1c(C)nn(-c2ccc(F)cc2)c1C. The highest BCUT2D eigenvalue weighted by Crippen LogP contribution is 2.19. The first-order chi connectivity index (χ1) is 14.9. The van der Waals surface area contributed by atoms with Crippen LogP contribution in [0, 0.1) is 19.7 Å². The van der Waals surface area contributed by atoms with Crippen LogP contribution in [0.4, 0.5) is 4.39 Å². The zero-order valence-electron chi connectivity index (χ0n) is 17.7. The number of hydrogen-bond donors (Lipinski definition) is 2. The molecule has 7 nitrogen and oxygen atoms in total. The lowest BCUT2D eigenvalue weighted by Gasteiger charge is -2.11. The molecule has 0 saturated heterocycles. The third-order valence-corrected chi connectivity index (χ3v) is 4.90. The van der Waals surface area contributed by atoms with Gasteiger partial charge in [-0.2, -0.15) is 5.10 Å². The van der Waals surface area contributed by atoms with E-state index in [1.54, 1.807) is 29.8 Å². The number of nitrogens with zero attached hydrogens (tertiary/aromatic N) is 2. The van der Waals surface area contributed by atoms with Crippen molar-refractivity contribution in [2.75, 3.05) is 6.61 Å². The Morgan fingerprint density at radius 2 is 1.71 bits per heavy atom. The van der Waals surface area contributed by atoms with E-state index in [1.807, 2.05) is 32.0 Å². The van der Waals surface area contributed by atoms with Gasteiger partial charge < -0.3 is 4.74 Å². The number of benzene rings is 2. The lowest BCUT2D eigenvalue weighted by molar-refractivity contribution is -0.129. The number of amides is 2. The Balaban J connectivity index is 1.55. The molecule has 3 aromatic rings. The lowest BCUT2D eigenvalue weighted by Crippen LogP contribution is -2.44. The van der Waals surface area contributed by atoms with E-state index in [1.165, 1.54) is 12.1 Å². The van der Waals surface area contributed by atoms with E-state index in [0.717, 1.165) is 23.2 Å². The van der Waals surface area contributed by atoms with Gasteiger partial charge >= 0.3 is 0 Å². The summed E-state index contributed by atoms with van der Waals surface area (Å²) in [6, 6.07) is 13.4. The molecule has 0 bridgehead atoms. The summed E-state index contributed by atoms with van der Waals surface area (Å²) >= 11 is 0. The van der Waals surface area contributed by atoms with Gasteiger partial charge in [0.25, 0.3) is 5.91 Å². The molecule has 8 heteroatoms. The van der Waals surface area contributed by atoms with E-state index >= 15 is 0 Å². The number of ether oxygens (including phenoxy) is 1. The van der Waals surface area contributed by atoms with Gasteiger partial charge in [0.15, 0.2) is 6.61 Å². The molecule has 0 atom stereocenters. The maximum atomic E-state index is 13.2. The maximum Gasteiger partial charge on any atom is 0.276 e. The molecule has 2 N–H and O–H groups in total. The Morgan fingerprint density at radius 1 is 1.03 bits per heavy atom. The van der Waals surface area contributed by atoms with Crippen molar-refractivity contribution in [3.63, 3.8) is 0 Å². The van der Waals surface area contributed by atoms with E-state index in [0.29, 0.717) is 17.1 Å². The number of hydrazine groups is 1. The third-order valence-electron chi connectivity index (χ3n) is 4.90. The summed E-state index contributed by atoms with van der Waals surface area (Å²) in [6.45, 7) is 5.43. The quantitative estimate of drug-likeness (QED) is 0.571. The standard InChI is InChI=1S/C23H25FN4O3/c1-4-17-7-5-6-8-21(17)31-14-23(30)26-25-22(29)13-20-15(2)27-28(16(20)3)19-11-9-18(24)10-12-19/h5-12H,4,13-14H2,1-3H3,(H,25,29)(H,26,30). The minimum Gasteiger partial charge on any atom is -0.483 e. The smallest absolute Gasteiger partial charge is 0.276 e. The highest BCUT2D eigenvalue weighted by molar-refractivity contribution is 5.84. The predicted octanol–water partition coefficient (Wildman–Crippen LogP) is 2.96. The molecule has 0 aliphatic heterocycles. The summed E-state index contributed by atoms with van der Waals surface area (Å²) in [6.07, 6.45) is 0.831. The Morgan fingerprint density at radius 3 is 2.42 bits per heavy atom. The van der Waals surface area contributed by atoms with Crippen LogP contribution in [-0.4, -0.2) is 28.2 Å². The van der Waals surface area contributed by atoms with Gasteiger partial charge in [0.05, 0.1) is 17.8 Å². The van der Waals surface area contributed by atoms with Gasteiger partial charge in [-0.15, -0.1) is 0 Å². The van der Waals surface area contributed by atoms with Gasteiger partial charge in [-0.1, -0.05) is 25.1 Å². The fraction of sp³-hybridized carbons (Fsp3) is 0.261. The van der Waals surface area contributed by atoms with Crippen LogP contribution in [0.3, 0.4) is 0 Å². The normalized spacial score (nSPS) is 10.6. The van der Waals surface area contributed by atoms with Crippen LogP contribution in [0.1, 0.15) is 29.4 Å². The first-order valence-electron chi connectivity index (χ1n) is 9.98. The molecule has 3 rings (SSSR count). The molecule has 1 heterocycles. The summed E-state index contributed by atoms with van der Waals surface area (Å²) < 4.78 is 20.4. The third kappa shape index (κ3) is 5.48. The van der Waals surface area contributed by atoms with Crippen LogP contribution in [-0.2, 0) is 22.4 Å². The number of rotatable bonds is 7. The molecule has 0 unspecified atom stereocenters. The molecule has 2 amide bonds. The van der Waals surface area contributed by atoms with E-state index < -0.39 is 5.91 Å². The Bertz CT molecular complexity index is 1080. The van der Waals surface area contributed by atoms with Gasteiger partial charge in [0.2, 0.25) is 5.91 Å². The highest BCUT2D eigenvalue weighted by Gasteiger charge is 2.16. The molecule has 162 valence electrons. The van der Waals surface area contributed by atoms with E-state index in [9.17, 15) is 14.0 Å². The molecule has 2 aromatic carbocycles. The number of aromatic nitrogens is 2. The van der Waals surface area contributed by atoms with Crippen LogP contribution in [0.25, 0.3) is 5.69 Å². The minimum absolute atomic E-state index is 0.0403. The van der Waals surface area contributed by atoms with Crippen molar-refractivity contribution in [3.05, 3.63) is 76.9 Å². The van der Waals surface area contributed by atoms with Crippen molar-refractivity contribution in [3.8, 4) is 11.4 Å². The van der Waals surface area contributed by atoms with Gasteiger partial charge in [0.1, 0.15) is 11.6 Å². The van der Waals surface area contributed by atoms with Crippen molar-refractivity contribution in [1.82, 2.24) is 20.6 Å². The second-order valence-electron chi connectivity index (χ2n) is 7.06. The van der Waals surface area contributed by atoms with Gasteiger partial charge in [-0.3, -0.25) is 20.4 Å². The molecular weight excluding hydrogens is 399 g/mol. The van der Waals surface area contributed by atoms with Crippen LogP contribution in [0.2, 0.25) is 0 Å². The lowest BCUT2D eigenvalue weighted by atomic mass is 10.1. The highest BCUT2D eigenvalue weighted by atomic mass is 19.1. The number of carbonyl (C=O) groups is 2. The van der Waals surface area contributed by atoms with E-state index in [-0.39, 0.29) is 24.8 Å². The fourth-order valence-corrected chi connectivity index (χ4v) is 3.22. The number of para-hydroxylation sites is 1. The molecular formula is C23H25FN4O3. The van der Waals surface area contributed by atoms with Crippen molar-refractivity contribution in [1.29, 1.82) is 0 Å². The number of hydrogen-bond acceptors (Lipinski definition) is 4. The van der Waals surface area contributed by atoms with Gasteiger partial charge in [-0.05, 0) is 56.2 Å². The van der Waals surface area contributed by atoms with Crippen molar-refractivity contribution in [2.24, 2.45) is 0 Å². The first kappa shape index (κ1) is 22.0. The first-order valence-corrected chi connectivity index (χ1v) is 9.98. The van der Waals surface area contributed by atoms with Crippen LogP contribution in [0.5, 0.6) is 5.75 Å². The molecule has 0 radical (unpaired) electrons. The zero-order valence-corrected chi connectivity index (χ0v) is 17.7. The summed E-state index contributed by atoms with van der Waals surface area (Å²) in [4.78, 5) is 24.4. The number of aryl methyl sites for hydroxylation is 2. The van der Waals surface area contributed by atoms with E-state index in [4.69, 9.17) is 4.74 Å². The summed E-state index contributed by atoms with van der Waals surface area (Å²) in [5.74, 6) is -0.532. The van der Waals surface area contributed by atoms with Crippen LogP contribution < -0.4 is 15.6 Å². The Labute approximate surface area is 180 Å². The Hall–Kier alpha value is -3.68. The average Bonchev–Trinajstić information content (AvgIpc) is 3.05. The predicted molar refractivity (Wildman–Crippen MR) is 114 cm³/mol. The summed E-state index contributed by atoms with van der Waals surface area (Å²) in [5.41, 5.74) is 8.66. The molecule has 0 spiro atoms. The summed E-state index contributed by atoms with van der Waals surface area (Å²) in [5, 5.41) is 4.44. The summed E-state index contributed by atoms with van der Waals surface area (Å²) in [7, 11) is 0. The number of halogens is 1. The average molecular weight is 424 g/mol. The van der Waals surface area contributed by atoms with Crippen molar-refractivity contribution in [2.45, 2.75) is 33.6 Å². The van der Waals surface area contributed by atoms with Gasteiger partial charge in [0, 0.05) is 11.3 Å². The molecule has 0 aliphatic carbocycles. The fourth-order valence-electron chi connectivity index (χ4n) is 3.22. The Kier molecular flexibility index (Phi) is 7.02. The molecule has 31 heavy (non-hydrogen) atoms. The van der Waals surface area contributed by atoms with Crippen molar-refractivity contribution >= 4 is 11.8 Å². The van der Waals surface area contributed by atoms with Crippen molar-refractivity contribution < 1.29 is 18.7 Å². The topological polar surface area (TPSA) is 85.2 Å². The number of carbonyl (C=O) groups excluding carboxylic acids is 2. The monoisotopic (exact) mass is 424 g/mol. The van der Waals surface area contributed by atoms with Gasteiger partial charge in [-0.25, -0.2) is 9.07 Å². The molecule has 0 aliphatic rings. The molecule has 0 saturated carbocycles. The van der Waals surface area contributed by atoms with Crippen LogP contribution in [0.15, 0.2) is 48.5 Å². The second-order valence-corrected chi connectivity index (χ2v) is 7.06. The minimum atomic E-state index is -0.463. The largest absolute Gasteiger partial charge is 0.483 e. The molecule has 1 aromatic heterocycles. The molecule has 0 fully saturated rings. The van der Waals surface area contributed by atoms with E-state index in [2.05, 4.69) is 16.0 Å². The maximum absolute atomic E-state index is 13.2. The number of nitrogens with one attached hydrogen (secondary N) is 2.